The average molecular weight is 225 g/mol. The first kappa shape index (κ1) is 12.4. The van der Waals surface area contributed by atoms with Gasteiger partial charge in [0, 0.05) is 12.6 Å². The van der Waals surface area contributed by atoms with Crippen LogP contribution in [0.2, 0.25) is 0 Å². The fraction of sp³-hybridized carbons (Fsp3) is 1.00. The maximum absolute atomic E-state index is 5.47. The van der Waals surface area contributed by atoms with E-state index in [4.69, 9.17) is 4.74 Å². The lowest BCUT2D eigenvalue weighted by Crippen LogP contribution is -2.67. The number of hydrogen-bond donors (Lipinski definition) is 0. The van der Waals surface area contributed by atoms with Crippen LogP contribution in [0, 0.1) is 11.8 Å². The highest BCUT2D eigenvalue weighted by Gasteiger charge is 2.48. The maximum atomic E-state index is 5.47. The van der Waals surface area contributed by atoms with Crippen molar-refractivity contribution >= 4 is 0 Å². The van der Waals surface area contributed by atoms with Gasteiger partial charge in [0.25, 0.3) is 0 Å². The highest BCUT2D eigenvalue weighted by Crippen LogP contribution is 2.39. The normalized spacial score (nSPS) is 30.0. The third-order valence-electron chi connectivity index (χ3n) is 4.25. The summed E-state index contributed by atoms with van der Waals surface area (Å²) in [7, 11) is 0. The zero-order valence-electron chi connectivity index (χ0n) is 11.3. The molecule has 94 valence electrons. The number of nitrogens with zero attached hydrogens (tertiary/aromatic N) is 1. The fourth-order valence-electron chi connectivity index (χ4n) is 3.44. The molecule has 2 saturated heterocycles. The predicted molar refractivity (Wildman–Crippen MR) is 67.6 cm³/mol. The van der Waals surface area contributed by atoms with Gasteiger partial charge in [-0.1, -0.05) is 13.8 Å². The van der Waals surface area contributed by atoms with Gasteiger partial charge in [-0.05, 0) is 44.9 Å². The van der Waals surface area contributed by atoms with Crippen molar-refractivity contribution in [2.75, 3.05) is 19.8 Å². The first-order valence-corrected chi connectivity index (χ1v) is 6.88. The summed E-state index contributed by atoms with van der Waals surface area (Å²) in [4.78, 5) is 2.72. The molecular formula is C14H27NO. The summed E-state index contributed by atoms with van der Waals surface area (Å²) in [5.74, 6) is 1.75. The Balaban J connectivity index is 1.98. The molecule has 1 spiro atoms. The van der Waals surface area contributed by atoms with E-state index in [1.807, 2.05) is 0 Å². The van der Waals surface area contributed by atoms with Crippen LogP contribution in [0.4, 0.5) is 0 Å². The summed E-state index contributed by atoms with van der Waals surface area (Å²) in [6.07, 6.45) is 4.15. The Kier molecular flexibility index (Phi) is 3.60. The third-order valence-corrected chi connectivity index (χ3v) is 4.25. The molecule has 0 N–H and O–H groups in total. The topological polar surface area (TPSA) is 12.5 Å². The second kappa shape index (κ2) is 4.66. The van der Waals surface area contributed by atoms with Crippen LogP contribution in [0.15, 0.2) is 0 Å². The van der Waals surface area contributed by atoms with Crippen molar-refractivity contribution in [3.8, 4) is 0 Å². The van der Waals surface area contributed by atoms with Gasteiger partial charge in [-0.2, -0.15) is 0 Å². The Bertz CT molecular complexity index is 233. The molecule has 0 aromatic rings. The Morgan fingerprint density at radius 3 is 2.38 bits per heavy atom. The number of likely N-dealkylation sites (tertiary alicyclic amines) is 1. The molecule has 2 heteroatoms. The summed E-state index contributed by atoms with van der Waals surface area (Å²) in [5.41, 5.74) is 0.418. The summed E-state index contributed by atoms with van der Waals surface area (Å²) >= 11 is 0. The van der Waals surface area contributed by atoms with Gasteiger partial charge in [0.05, 0.1) is 18.8 Å². The lowest BCUT2D eigenvalue weighted by molar-refractivity contribution is -0.174. The zero-order chi connectivity index (χ0) is 11.8. The van der Waals surface area contributed by atoms with Gasteiger partial charge in [-0.3, -0.25) is 4.90 Å². The second-order valence-corrected chi connectivity index (χ2v) is 6.50. The average Bonchev–Trinajstić information content (AvgIpc) is 2.14. The Labute approximate surface area is 100 Å². The monoisotopic (exact) mass is 225 g/mol. The minimum Gasteiger partial charge on any atom is -0.377 e. The molecule has 2 heterocycles. The number of rotatable bonds is 3. The van der Waals surface area contributed by atoms with E-state index in [0.717, 1.165) is 25.0 Å². The van der Waals surface area contributed by atoms with Gasteiger partial charge in [-0.15, -0.1) is 0 Å². The number of ether oxygens (including phenoxy) is 1. The van der Waals surface area contributed by atoms with E-state index in [1.54, 1.807) is 0 Å². The van der Waals surface area contributed by atoms with Gasteiger partial charge in [0.2, 0.25) is 0 Å². The van der Waals surface area contributed by atoms with E-state index >= 15 is 0 Å². The van der Waals surface area contributed by atoms with Crippen LogP contribution in [0.25, 0.3) is 0 Å². The minimum atomic E-state index is 0.418. The van der Waals surface area contributed by atoms with E-state index in [-0.39, 0.29) is 0 Å². The molecule has 0 aromatic carbocycles. The van der Waals surface area contributed by atoms with Gasteiger partial charge >= 0.3 is 0 Å². The Morgan fingerprint density at radius 1 is 1.25 bits per heavy atom. The molecule has 2 fully saturated rings. The molecule has 0 saturated carbocycles. The summed E-state index contributed by atoms with van der Waals surface area (Å²) in [6.45, 7) is 12.6. The highest BCUT2D eigenvalue weighted by atomic mass is 16.5. The van der Waals surface area contributed by atoms with Crippen molar-refractivity contribution in [3.63, 3.8) is 0 Å². The lowest BCUT2D eigenvalue weighted by atomic mass is 9.77. The van der Waals surface area contributed by atoms with Crippen molar-refractivity contribution in [1.82, 2.24) is 4.90 Å². The molecule has 0 amide bonds. The summed E-state index contributed by atoms with van der Waals surface area (Å²) in [6, 6.07) is 0.666. The maximum Gasteiger partial charge on any atom is 0.0681 e. The molecule has 16 heavy (non-hydrogen) atoms. The van der Waals surface area contributed by atoms with Crippen molar-refractivity contribution in [2.45, 2.75) is 58.5 Å². The molecule has 2 aliphatic rings. The first-order chi connectivity index (χ1) is 7.53. The zero-order valence-corrected chi connectivity index (χ0v) is 11.3. The predicted octanol–water partition coefficient (Wildman–Crippen LogP) is 2.92. The van der Waals surface area contributed by atoms with E-state index < -0.39 is 0 Å². The van der Waals surface area contributed by atoms with Crippen LogP contribution in [-0.4, -0.2) is 36.2 Å². The Morgan fingerprint density at radius 2 is 1.94 bits per heavy atom. The standard InChI is InChI=1S/C14H27NO/c1-11(2)7-13-5-6-14(9-16-10-14)15(8-13)12(3)4/h11-13H,5-10H2,1-4H3. The van der Waals surface area contributed by atoms with Crippen LogP contribution in [0.3, 0.4) is 0 Å². The third kappa shape index (κ3) is 2.28. The quantitative estimate of drug-likeness (QED) is 0.732. The molecule has 0 aromatic heterocycles. The van der Waals surface area contributed by atoms with E-state index in [0.29, 0.717) is 11.6 Å². The highest BCUT2D eigenvalue weighted by molar-refractivity contribution is 5.01. The lowest BCUT2D eigenvalue weighted by Gasteiger charge is -2.56. The van der Waals surface area contributed by atoms with E-state index in [1.165, 1.54) is 25.8 Å². The van der Waals surface area contributed by atoms with Crippen LogP contribution < -0.4 is 0 Å². The van der Waals surface area contributed by atoms with Crippen LogP contribution in [-0.2, 0) is 4.74 Å². The molecule has 1 atom stereocenters. The molecule has 2 nitrogen and oxygen atoms in total. The van der Waals surface area contributed by atoms with Crippen molar-refractivity contribution in [2.24, 2.45) is 11.8 Å². The smallest absolute Gasteiger partial charge is 0.0681 e. The van der Waals surface area contributed by atoms with Crippen LogP contribution in [0.5, 0.6) is 0 Å². The molecule has 1 unspecified atom stereocenters. The van der Waals surface area contributed by atoms with Crippen molar-refractivity contribution in [3.05, 3.63) is 0 Å². The molecule has 2 rings (SSSR count). The largest absolute Gasteiger partial charge is 0.377 e. The van der Waals surface area contributed by atoms with E-state index in [2.05, 4.69) is 32.6 Å². The Hall–Kier alpha value is -0.0800. The summed E-state index contributed by atoms with van der Waals surface area (Å²) in [5, 5.41) is 0. The van der Waals surface area contributed by atoms with E-state index in [9.17, 15) is 0 Å². The van der Waals surface area contributed by atoms with Crippen molar-refractivity contribution in [1.29, 1.82) is 0 Å². The molecule has 2 aliphatic heterocycles. The van der Waals surface area contributed by atoms with Crippen LogP contribution >= 0.6 is 0 Å². The molecular weight excluding hydrogens is 198 g/mol. The molecule has 0 aliphatic carbocycles. The van der Waals surface area contributed by atoms with Gasteiger partial charge in [0.15, 0.2) is 0 Å². The number of piperidine rings is 1. The number of hydrogen-bond acceptors (Lipinski definition) is 2. The van der Waals surface area contributed by atoms with Crippen molar-refractivity contribution < 1.29 is 4.74 Å². The van der Waals surface area contributed by atoms with Gasteiger partial charge < -0.3 is 4.74 Å². The fourth-order valence-corrected chi connectivity index (χ4v) is 3.44. The minimum absolute atomic E-state index is 0.418. The molecule has 0 bridgehead atoms. The second-order valence-electron chi connectivity index (χ2n) is 6.50. The van der Waals surface area contributed by atoms with Crippen LogP contribution in [0.1, 0.15) is 47.0 Å². The first-order valence-electron chi connectivity index (χ1n) is 6.88. The summed E-state index contributed by atoms with van der Waals surface area (Å²) < 4.78 is 5.47. The SMILES string of the molecule is CC(C)CC1CCC2(COC2)N(C(C)C)C1. The van der Waals surface area contributed by atoms with Gasteiger partial charge in [-0.25, -0.2) is 0 Å². The molecule has 0 radical (unpaired) electrons. The van der Waals surface area contributed by atoms with Gasteiger partial charge in [0.1, 0.15) is 0 Å².